The number of hydrogen-bond acceptors (Lipinski definition) is 10. The molecule has 0 saturated heterocycles. The lowest BCUT2D eigenvalue weighted by Crippen LogP contribution is -2.38. The van der Waals surface area contributed by atoms with E-state index in [-0.39, 0.29) is 23.7 Å². The minimum absolute atomic E-state index is 0.131. The summed E-state index contributed by atoms with van der Waals surface area (Å²) in [6.45, 7) is 11.4. The summed E-state index contributed by atoms with van der Waals surface area (Å²) in [7, 11) is 3.98. The molecule has 0 aliphatic carbocycles. The van der Waals surface area contributed by atoms with Crippen molar-refractivity contribution in [3.05, 3.63) is 107 Å². The molecule has 0 aliphatic heterocycles. The van der Waals surface area contributed by atoms with E-state index < -0.39 is 0 Å². The van der Waals surface area contributed by atoms with E-state index in [1.54, 1.807) is 54.6 Å². The minimum Gasteiger partial charge on any atom is -0.491 e. The molecule has 0 aliphatic rings. The molecule has 0 heterocycles. The van der Waals surface area contributed by atoms with Crippen LogP contribution < -0.4 is 31.8 Å². The number of likely N-dealkylation sites (N-methyl/N-ethyl adjacent to an activating group) is 2. The average molecular weight is 653 g/mol. The quantitative estimate of drug-likeness (QED) is 0.0594. The molecule has 0 saturated carbocycles. The van der Waals surface area contributed by atoms with E-state index in [0.29, 0.717) is 63.1 Å². The van der Waals surface area contributed by atoms with Gasteiger partial charge in [0, 0.05) is 23.7 Å². The molecular weight excluding hydrogens is 604 g/mol. The molecule has 2 atom stereocenters. The summed E-state index contributed by atoms with van der Waals surface area (Å²) in [4.78, 5) is 31.3. The predicted octanol–water partition coefficient (Wildman–Crippen LogP) is 6.19. The summed E-state index contributed by atoms with van der Waals surface area (Å²) in [5, 5.41) is 0. The van der Waals surface area contributed by atoms with Crippen LogP contribution in [0.25, 0.3) is 0 Å². The van der Waals surface area contributed by atoms with E-state index >= 15 is 0 Å². The molecule has 6 N–H and O–H groups in total. The van der Waals surface area contributed by atoms with Gasteiger partial charge >= 0.3 is 0 Å². The summed E-state index contributed by atoms with van der Waals surface area (Å²) >= 11 is 0. The normalized spacial score (nSPS) is 12.4. The highest BCUT2D eigenvalue weighted by atomic mass is 16.5. The standard InChI is InChI=1S/C38H48N6O4/c1-7-44(8-2)21-22-47-35-15-11-9-13-29(35)37(45)27-17-19-33(31(39)23-27)41-42-34-20-18-28(24-32(34)40)38(46)30-14-10-12-16-36(30)48-26(4)25(3)43(5)6/h9-20,23-26,41-42H,7-8,21-22,39-40H2,1-6H3. The zero-order chi connectivity index (χ0) is 34.8. The van der Waals surface area contributed by atoms with Crippen LogP contribution in [-0.4, -0.2) is 73.8 Å². The number of nitrogens with zero attached hydrogens (tertiary/aromatic N) is 2. The highest BCUT2D eigenvalue weighted by molar-refractivity contribution is 6.12. The van der Waals surface area contributed by atoms with Gasteiger partial charge in [-0.3, -0.25) is 20.4 Å². The fraction of sp³-hybridized carbons (Fsp3) is 0.316. The molecule has 0 bridgehead atoms. The topological polar surface area (TPSA) is 135 Å². The first kappa shape index (κ1) is 35.8. The van der Waals surface area contributed by atoms with Crippen molar-refractivity contribution >= 4 is 34.3 Å². The van der Waals surface area contributed by atoms with Gasteiger partial charge < -0.3 is 30.7 Å². The molecule has 4 aromatic carbocycles. The molecule has 10 heteroatoms. The molecular formula is C38H48N6O4. The monoisotopic (exact) mass is 652 g/mol. The Morgan fingerprint density at radius 2 is 1.21 bits per heavy atom. The first-order valence-electron chi connectivity index (χ1n) is 16.3. The largest absolute Gasteiger partial charge is 0.491 e. The van der Waals surface area contributed by atoms with Crippen LogP contribution in [0, 0.1) is 0 Å². The van der Waals surface area contributed by atoms with Crippen LogP contribution in [0.3, 0.4) is 0 Å². The number of ether oxygens (including phenoxy) is 2. The number of rotatable bonds is 17. The number of nitrogen functional groups attached to an aromatic ring is 2. The smallest absolute Gasteiger partial charge is 0.196 e. The molecule has 10 nitrogen and oxygen atoms in total. The minimum atomic E-state index is -0.193. The summed E-state index contributed by atoms with van der Waals surface area (Å²) < 4.78 is 12.2. The Bertz CT molecular complexity index is 1700. The Kier molecular flexibility index (Phi) is 12.4. The van der Waals surface area contributed by atoms with E-state index in [9.17, 15) is 9.59 Å². The van der Waals surface area contributed by atoms with Crippen LogP contribution in [0.5, 0.6) is 11.5 Å². The van der Waals surface area contributed by atoms with Gasteiger partial charge in [-0.05, 0) is 102 Å². The molecule has 0 fully saturated rings. The number of para-hydroxylation sites is 2. The second kappa shape index (κ2) is 16.7. The maximum Gasteiger partial charge on any atom is 0.196 e. The number of benzene rings is 4. The van der Waals surface area contributed by atoms with E-state index in [1.807, 2.05) is 51.4 Å². The lowest BCUT2D eigenvalue weighted by molar-refractivity contribution is 0.101. The third kappa shape index (κ3) is 8.84. The first-order valence-corrected chi connectivity index (χ1v) is 16.3. The zero-order valence-corrected chi connectivity index (χ0v) is 28.7. The van der Waals surface area contributed by atoms with Crippen molar-refractivity contribution in [1.82, 2.24) is 9.80 Å². The van der Waals surface area contributed by atoms with Crippen LogP contribution in [0.1, 0.15) is 59.5 Å². The van der Waals surface area contributed by atoms with Crippen molar-refractivity contribution in [2.75, 3.05) is 62.7 Å². The number of carbonyl (C=O) groups excluding carboxylic acids is 2. The van der Waals surface area contributed by atoms with Crippen molar-refractivity contribution in [1.29, 1.82) is 0 Å². The van der Waals surface area contributed by atoms with Gasteiger partial charge in [0.1, 0.15) is 24.2 Å². The Labute approximate surface area is 284 Å². The van der Waals surface area contributed by atoms with E-state index in [4.69, 9.17) is 20.9 Å². The van der Waals surface area contributed by atoms with Gasteiger partial charge in [-0.2, -0.15) is 0 Å². The molecule has 0 radical (unpaired) electrons. The predicted molar refractivity (Wildman–Crippen MR) is 195 cm³/mol. The summed E-state index contributed by atoms with van der Waals surface area (Å²) in [6.07, 6.45) is -0.131. The SMILES string of the molecule is CCN(CC)CCOc1ccccc1C(=O)c1ccc(NNc2ccc(C(=O)c3ccccc3OC(C)C(C)N(C)C)cc2N)c(N)c1. The molecule has 4 aromatic rings. The van der Waals surface area contributed by atoms with Crippen molar-refractivity contribution < 1.29 is 19.1 Å². The lowest BCUT2D eigenvalue weighted by Gasteiger charge is -2.27. The Balaban J connectivity index is 1.42. The lowest BCUT2D eigenvalue weighted by atomic mass is 10.0. The first-order chi connectivity index (χ1) is 23.0. The number of nitrogens with one attached hydrogen (secondary N) is 2. The zero-order valence-electron chi connectivity index (χ0n) is 28.7. The molecule has 48 heavy (non-hydrogen) atoms. The van der Waals surface area contributed by atoms with E-state index in [0.717, 1.165) is 19.6 Å². The number of ketones is 2. The van der Waals surface area contributed by atoms with Crippen molar-refractivity contribution in [3.8, 4) is 11.5 Å². The van der Waals surface area contributed by atoms with Gasteiger partial charge in [0.05, 0.1) is 33.9 Å². The van der Waals surface area contributed by atoms with E-state index in [1.165, 1.54) is 0 Å². The third-order valence-corrected chi connectivity index (χ3v) is 8.59. The fourth-order valence-electron chi connectivity index (χ4n) is 5.16. The summed E-state index contributed by atoms with van der Waals surface area (Å²) in [5.74, 6) is 0.688. The maximum absolute atomic E-state index is 13.5. The third-order valence-electron chi connectivity index (χ3n) is 8.59. The van der Waals surface area contributed by atoms with Gasteiger partial charge in [-0.1, -0.05) is 38.1 Å². The molecule has 2 unspecified atom stereocenters. The average Bonchev–Trinajstić information content (AvgIpc) is 3.09. The van der Waals surface area contributed by atoms with Crippen molar-refractivity contribution in [3.63, 3.8) is 0 Å². The summed E-state index contributed by atoms with van der Waals surface area (Å²) in [5.41, 5.74) is 22.5. The van der Waals surface area contributed by atoms with Crippen molar-refractivity contribution in [2.45, 2.75) is 39.8 Å². The molecule has 0 aromatic heterocycles. The molecule has 254 valence electrons. The fourth-order valence-corrected chi connectivity index (χ4v) is 5.16. The maximum atomic E-state index is 13.5. The Hall–Kier alpha value is -5.06. The second-order valence-electron chi connectivity index (χ2n) is 11.9. The van der Waals surface area contributed by atoms with Gasteiger partial charge in [-0.25, -0.2) is 0 Å². The van der Waals surface area contributed by atoms with Crippen LogP contribution in [0.2, 0.25) is 0 Å². The number of hydrazine groups is 1. The number of nitrogens with two attached hydrogens (primary N) is 2. The molecule has 4 rings (SSSR count). The molecule has 0 spiro atoms. The molecule has 0 amide bonds. The number of anilines is 4. The highest BCUT2D eigenvalue weighted by Gasteiger charge is 2.21. The van der Waals surface area contributed by atoms with Crippen molar-refractivity contribution in [2.24, 2.45) is 0 Å². The Morgan fingerprint density at radius 1 is 0.729 bits per heavy atom. The second-order valence-corrected chi connectivity index (χ2v) is 11.9. The summed E-state index contributed by atoms with van der Waals surface area (Å²) in [6, 6.07) is 24.7. The number of hydrogen-bond donors (Lipinski definition) is 4. The van der Waals surface area contributed by atoms with Crippen LogP contribution in [0.4, 0.5) is 22.7 Å². The highest BCUT2D eigenvalue weighted by Crippen LogP contribution is 2.29. The van der Waals surface area contributed by atoms with Crippen LogP contribution in [0.15, 0.2) is 84.9 Å². The Morgan fingerprint density at radius 3 is 1.69 bits per heavy atom. The van der Waals surface area contributed by atoms with Crippen LogP contribution >= 0.6 is 0 Å². The van der Waals surface area contributed by atoms with Gasteiger partial charge in [0.2, 0.25) is 0 Å². The number of carbonyl (C=O) groups is 2. The van der Waals surface area contributed by atoms with E-state index in [2.05, 4.69) is 41.4 Å². The van der Waals surface area contributed by atoms with Gasteiger partial charge in [0.25, 0.3) is 0 Å². The van der Waals surface area contributed by atoms with Gasteiger partial charge in [-0.15, -0.1) is 0 Å². The van der Waals surface area contributed by atoms with Gasteiger partial charge in [0.15, 0.2) is 11.6 Å². The van der Waals surface area contributed by atoms with Crippen LogP contribution in [-0.2, 0) is 0 Å².